The molecule has 3 amide bonds. The summed E-state index contributed by atoms with van der Waals surface area (Å²) in [6.45, 7) is 5.85. The highest BCUT2D eigenvalue weighted by atomic mass is 79.9. The van der Waals surface area contributed by atoms with E-state index in [1.165, 1.54) is 0 Å². The number of carbonyl (C=O) groups excluding carboxylic acids is 3. The minimum absolute atomic E-state index is 0.0392. The van der Waals surface area contributed by atoms with Gasteiger partial charge in [0.2, 0.25) is 5.91 Å². The van der Waals surface area contributed by atoms with Gasteiger partial charge in [0.25, 0.3) is 11.8 Å². The Hall–Kier alpha value is -2.78. The van der Waals surface area contributed by atoms with Crippen LogP contribution in [0.25, 0.3) is 0 Å². The lowest BCUT2D eigenvalue weighted by Gasteiger charge is -2.12. The fraction of sp³-hybridized carbons (Fsp3) is 0.238. The molecule has 0 aliphatic rings. The van der Waals surface area contributed by atoms with Crippen molar-refractivity contribution in [1.29, 1.82) is 0 Å². The van der Waals surface area contributed by atoms with E-state index in [2.05, 4.69) is 37.4 Å². The summed E-state index contributed by atoms with van der Waals surface area (Å²) in [5.41, 5.74) is 7.32. The topological polar surface area (TPSA) is 99.3 Å². The minimum atomic E-state index is -0.440. The van der Waals surface area contributed by atoms with E-state index in [1.54, 1.807) is 36.4 Å². The Bertz CT molecular complexity index is 961. The van der Waals surface area contributed by atoms with Crippen LogP contribution in [0.5, 0.6) is 0 Å². The van der Waals surface area contributed by atoms with E-state index in [4.69, 9.17) is 12.2 Å². The zero-order valence-electron chi connectivity index (χ0n) is 16.8. The molecule has 0 atom stereocenters. The maximum absolute atomic E-state index is 12.2. The number of halogens is 1. The SMILES string of the molecule is Cc1ccc(C(=O)NC(=S)NNC(=O)c2ccc(NC(=O)CC(C)C)cc2)cc1Br. The van der Waals surface area contributed by atoms with Crippen molar-refractivity contribution in [3.05, 3.63) is 63.6 Å². The molecule has 2 aromatic rings. The summed E-state index contributed by atoms with van der Waals surface area (Å²) in [6, 6.07) is 11.6. The van der Waals surface area contributed by atoms with Crippen LogP contribution in [-0.4, -0.2) is 22.8 Å². The largest absolute Gasteiger partial charge is 0.326 e. The Morgan fingerprint density at radius 1 is 0.967 bits per heavy atom. The van der Waals surface area contributed by atoms with Crippen LogP contribution in [0, 0.1) is 12.8 Å². The minimum Gasteiger partial charge on any atom is -0.326 e. The molecule has 7 nitrogen and oxygen atoms in total. The lowest BCUT2D eigenvalue weighted by Crippen LogP contribution is -2.48. The normalized spacial score (nSPS) is 10.3. The standard InChI is InChI=1S/C21H23BrN4O3S/c1-12(2)10-18(27)23-16-8-6-14(7-9-16)20(29)25-26-21(30)24-19(28)15-5-4-13(3)17(22)11-15/h4-9,11-12H,10H2,1-3H3,(H,23,27)(H,25,29)(H2,24,26,28,30). The highest BCUT2D eigenvalue weighted by molar-refractivity contribution is 9.10. The summed E-state index contributed by atoms with van der Waals surface area (Å²) in [4.78, 5) is 36.2. The highest BCUT2D eigenvalue weighted by Gasteiger charge is 2.11. The Balaban J connectivity index is 1.84. The number of anilines is 1. The number of amides is 3. The molecule has 2 rings (SSSR count). The molecule has 0 aliphatic carbocycles. The molecule has 158 valence electrons. The molecule has 9 heteroatoms. The summed E-state index contributed by atoms with van der Waals surface area (Å²) in [6.07, 6.45) is 0.425. The molecule has 0 saturated heterocycles. The Morgan fingerprint density at radius 2 is 1.60 bits per heavy atom. The van der Waals surface area contributed by atoms with E-state index in [1.807, 2.05) is 26.8 Å². The number of thiocarbonyl (C=S) groups is 1. The number of hydrazine groups is 1. The third-order valence-corrected chi connectivity index (χ3v) is 5.03. The van der Waals surface area contributed by atoms with Crippen LogP contribution in [0.3, 0.4) is 0 Å². The molecule has 0 saturated carbocycles. The van der Waals surface area contributed by atoms with Gasteiger partial charge in [-0.15, -0.1) is 0 Å². The molecule has 0 unspecified atom stereocenters. The van der Waals surface area contributed by atoms with Gasteiger partial charge in [0.1, 0.15) is 0 Å². The number of benzene rings is 2. The maximum Gasteiger partial charge on any atom is 0.269 e. The van der Waals surface area contributed by atoms with Gasteiger partial charge in [0.05, 0.1) is 0 Å². The fourth-order valence-electron chi connectivity index (χ4n) is 2.41. The van der Waals surface area contributed by atoms with Crippen LogP contribution in [-0.2, 0) is 4.79 Å². The molecule has 0 bridgehead atoms. The second-order valence-corrected chi connectivity index (χ2v) is 8.31. The summed E-state index contributed by atoms with van der Waals surface area (Å²) < 4.78 is 0.811. The fourth-order valence-corrected chi connectivity index (χ4v) is 2.94. The van der Waals surface area contributed by atoms with Crippen LogP contribution < -0.4 is 21.5 Å². The van der Waals surface area contributed by atoms with Crippen molar-refractivity contribution in [2.75, 3.05) is 5.32 Å². The molecule has 0 heterocycles. The number of hydrogen-bond donors (Lipinski definition) is 4. The second kappa shape index (κ2) is 10.8. The third kappa shape index (κ3) is 7.23. The average Bonchev–Trinajstić information content (AvgIpc) is 2.68. The van der Waals surface area contributed by atoms with Gasteiger partial charge in [-0.25, -0.2) is 0 Å². The molecule has 0 fully saturated rings. The van der Waals surface area contributed by atoms with Crippen LogP contribution >= 0.6 is 28.1 Å². The molecule has 0 radical (unpaired) electrons. The molecular weight excluding hydrogens is 468 g/mol. The predicted molar refractivity (Wildman–Crippen MR) is 124 cm³/mol. The lowest BCUT2D eigenvalue weighted by molar-refractivity contribution is -0.116. The van der Waals surface area contributed by atoms with Crippen molar-refractivity contribution in [3.8, 4) is 0 Å². The van der Waals surface area contributed by atoms with E-state index < -0.39 is 11.8 Å². The van der Waals surface area contributed by atoms with Crippen LogP contribution in [0.15, 0.2) is 46.9 Å². The smallest absolute Gasteiger partial charge is 0.269 e. The van der Waals surface area contributed by atoms with E-state index >= 15 is 0 Å². The van der Waals surface area contributed by atoms with Crippen LogP contribution in [0.4, 0.5) is 5.69 Å². The molecule has 0 aliphatic heterocycles. The van der Waals surface area contributed by atoms with E-state index in [0.717, 1.165) is 10.0 Å². The van der Waals surface area contributed by atoms with E-state index in [9.17, 15) is 14.4 Å². The molecule has 30 heavy (non-hydrogen) atoms. The van der Waals surface area contributed by atoms with Gasteiger partial charge >= 0.3 is 0 Å². The average molecular weight is 491 g/mol. The van der Waals surface area contributed by atoms with Crippen molar-refractivity contribution in [1.82, 2.24) is 16.2 Å². The number of aryl methyl sites for hydroxylation is 1. The Kier molecular flexibility index (Phi) is 8.49. The first kappa shape index (κ1) is 23.5. The maximum atomic E-state index is 12.2. The van der Waals surface area contributed by atoms with Gasteiger partial charge in [-0.05, 0) is 67.0 Å². The van der Waals surface area contributed by atoms with Gasteiger partial charge in [-0.3, -0.25) is 30.6 Å². The number of nitrogens with one attached hydrogen (secondary N) is 4. The number of hydrogen-bond acceptors (Lipinski definition) is 4. The van der Waals surface area contributed by atoms with Gasteiger partial charge in [0, 0.05) is 27.7 Å². The first-order valence-electron chi connectivity index (χ1n) is 9.23. The first-order valence-corrected chi connectivity index (χ1v) is 10.4. The summed E-state index contributed by atoms with van der Waals surface area (Å²) in [7, 11) is 0. The Labute approximate surface area is 189 Å². The molecule has 0 aromatic heterocycles. The van der Waals surface area contributed by atoms with Crippen molar-refractivity contribution < 1.29 is 14.4 Å². The molecule has 2 aromatic carbocycles. The summed E-state index contributed by atoms with van der Waals surface area (Å²) >= 11 is 8.42. The van der Waals surface area contributed by atoms with Crippen molar-refractivity contribution >= 4 is 56.7 Å². The zero-order valence-corrected chi connectivity index (χ0v) is 19.2. The Morgan fingerprint density at radius 3 is 2.20 bits per heavy atom. The molecule has 0 spiro atoms. The van der Waals surface area contributed by atoms with Gasteiger partial charge in [-0.2, -0.15) is 0 Å². The van der Waals surface area contributed by atoms with Crippen LogP contribution in [0.1, 0.15) is 46.5 Å². The summed E-state index contributed by atoms with van der Waals surface area (Å²) in [5, 5.41) is 5.23. The van der Waals surface area contributed by atoms with Crippen molar-refractivity contribution in [2.45, 2.75) is 27.2 Å². The van der Waals surface area contributed by atoms with Gasteiger partial charge in [0.15, 0.2) is 5.11 Å². The molecule has 4 N–H and O–H groups in total. The van der Waals surface area contributed by atoms with E-state index in [-0.39, 0.29) is 16.9 Å². The zero-order chi connectivity index (χ0) is 22.3. The van der Waals surface area contributed by atoms with Crippen LogP contribution in [0.2, 0.25) is 0 Å². The third-order valence-electron chi connectivity index (χ3n) is 3.98. The number of carbonyl (C=O) groups is 3. The van der Waals surface area contributed by atoms with Crippen molar-refractivity contribution in [2.24, 2.45) is 5.92 Å². The van der Waals surface area contributed by atoms with Gasteiger partial charge < -0.3 is 5.32 Å². The highest BCUT2D eigenvalue weighted by Crippen LogP contribution is 2.17. The van der Waals surface area contributed by atoms with Gasteiger partial charge in [-0.1, -0.05) is 35.8 Å². The van der Waals surface area contributed by atoms with E-state index in [0.29, 0.717) is 23.2 Å². The predicted octanol–water partition coefficient (Wildman–Crippen LogP) is 3.69. The van der Waals surface area contributed by atoms with Crippen molar-refractivity contribution in [3.63, 3.8) is 0 Å². The second-order valence-electron chi connectivity index (χ2n) is 7.05. The lowest BCUT2D eigenvalue weighted by atomic mass is 10.1. The molecular formula is C21H23BrN4O3S. The number of rotatable bonds is 5. The summed E-state index contributed by atoms with van der Waals surface area (Å²) in [5.74, 6) is -0.655. The monoisotopic (exact) mass is 490 g/mol. The first-order chi connectivity index (χ1) is 14.2. The quantitative estimate of drug-likeness (QED) is 0.378.